The first-order valence-electron chi connectivity index (χ1n) is 10.9. The molecule has 36 heavy (non-hydrogen) atoms. The van der Waals surface area contributed by atoms with Gasteiger partial charge in [-0.15, -0.1) is 0 Å². The number of aliphatic hydroxyl groups is 2. The number of phosphoric ester groups is 1. The lowest BCUT2D eigenvalue weighted by molar-refractivity contribution is -0.0715. The van der Waals surface area contributed by atoms with Gasteiger partial charge in [0.2, 0.25) is 6.29 Å². The highest BCUT2D eigenvalue weighted by molar-refractivity contribution is 7.47. The summed E-state index contributed by atoms with van der Waals surface area (Å²) < 4.78 is 40.0. The molecule has 3 heterocycles. The van der Waals surface area contributed by atoms with Crippen molar-refractivity contribution in [2.45, 2.75) is 37.8 Å². The van der Waals surface area contributed by atoms with E-state index in [-0.39, 0.29) is 17.5 Å². The van der Waals surface area contributed by atoms with E-state index in [1.165, 1.54) is 12.3 Å². The molecule has 0 bridgehead atoms. The molecule has 2 aromatic rings. The Bertz CT molecular complexity index is 1220. The molecule has 0 spiro atoms. The van der Waals surface area contributed by atoms with E-state index in [0.29, 0.717) is 5.75 Å². The van der Waals surface area contributed by atoms with Gasteiger partial charge in [0.25, 0.3) is 0 Å². The van der Waals surface area contributed by atoms with Crippen molar-refractivity contribution in [1.29, 1.82) is 0 Å². The lowest BCUT2D eigenvalue weighted by Crippen LogP contribution is -2.36. The lowest BCUT2D eigenvalue weighted by Gasteiger charge is -2.27. The Morgan fingerprint density at radius 3 is 2.69 bits per heavy atom. The summed E-state index contributed by atoms with van der Waals surface area (Å²) in [4.78, 5) is 25.6. The summed E-state index contributed by atoms with van der Waals surface area (Å²) in [5.74, 6) is 0.577. The minimum Gasteiger partial charge on any atom is -0.454 e. The second-order valence-corrected chi connectivity index (χ2v) is 9.52. The highest BCUT2D eigenvalue weighted by Crippen LogP contribution is 2.45. The van der Waals surface area contributed by atoms with E-state index >= 15 is 0 Å². The number of nitrogens with two attached hydrogens (primary N) is 1. The van der Waals surface area contributed by atoms with Crippen molar-refractivity contribution in [3.05, 3.63) is 77.3 Å². The monoisotopic (exact) mass is 523 g/mol. The van der Waals surface area contributed by atoms with Crippen LogP contribution in [0.3, 0.4) is 0 Å². The zero-order valence-corrected chi connectivity index (χ0v) is 20.0. The Morgan fingerprint density at radius 2 is 1.97 bits per heavy atom. The lowest BCUT2D eigenvalue weighted by atomic mass is 10.1. The Labute approximate surface area is 205 Å². The van der Waals surface area contributed by atoms with Gasteiger partial charge in [0.1, 0.15) is 36.1 Å². The second kappa shape index (κ2) is 10.8. The van der Waals surface area contributed by atoms with Gasteiger partial charge in [-0.1, -0.05) is 31.2 Å². The fourth-order valence-electron chi connectivity index (χ4n) is 3.48. The maximum Gasteiger partial charge on any atom is 0.527 e. The van der Waals surface area contributed by atoms with E-state index in [1.807, 2.05) is 25.1 Å². The van der Waals surface area contributed by atoms with Crippen molar-refractivity contribution < 1.29 is 42.9 Å². The minimum atomic E-state index is -4.67. The first-order valence-corrected chi connectivity index (χ1v) is 12.4. The third-order valence-electron chi connectivity index (χ3n) is 5.41. The maximum atomic E-state index is 12.4. The Morgan fingerprint density at radius 1 is 1.22 bits per heavy atom. The number of hydrogen-bond donors (Lipinski definition) is 4. The van der Waals surface area contributed by atoms with Crippen LogP contribution >= 0.6 is 7.82 Å². The normalized spacial score (nSPS) is 30.5. The van der Waals surface area contributed by atoms with E-state index in [1.54, 1.807) is 24.3 Å². The molecule has 3 unspecified atom stereocenters. The van der Waals surface area contributed by atoms with Crippen LogP contribution in [0.25, 0.3) is 0 Å². The molecule has 14 heteroatoms. The van der Waals surface area contributed by atoms with Crippen LogP contribution in [0.15, 0.2) is 71.6 Å². The molecule has 1 aromatic heterocycles. The van der Waals surface area contributed by atoms with Gasteiger partial charge in [0.15, 0.2) is 12.0 Å². The van der Waals surface area contributed by atoms with Gasteiger partial charge in [-0.2, -0.15) is 4.98 Å². The predicted octanol–water partition coefficient (Wildman–Crippen LogP) is 1.05. The highest BCUT2D eigenvalue weighted by Gasteiger charge is 2.45. The number of nitrogens with zero attached hydrogens (tertiary/aromatic N) is 2. The van der Waals surface area contributed by atoms with E-state index in [4.69, 9.17) is 29.0 Å². The molecule has 4 rings (SSSR count). The number of ether oxygens (including phenoxy) is 3. The molecule has 2 aliphatic heterocycles. The van der Waals surface area contributed by atoms with Gasteiger partial charge < -0.3 is 34.7 Å². The number of hydrogen-bond acceptors (Lipinski definition) is 11. The number of allylic oxidation sites excluding steroid dienone is 1. The van der Waals surface area contributed by atoms with Gasteiger partial charge in [-0.25, -0.2) is 9.36 Å². The van der Waals surface area contributed by atoms with Gasteiger partial charge in [-0.3, -0.25) is 14.0 Å². The summed E-state index contributed by atoms with van der Waals surface area (Å²) in [6, 6.07) is 10.3. The standard InChI is InChI=1S/C22H26N3O10P/c1-13-7-8-15(34-21(13)33-14-5-3-2-4-6-14)11-31-36(29,30)32-12-16-18(26)19(27)20(35-16)25-10-9-17(23)24-22(25)28/h2-11,13,16,18-21,26-27H,12H2,1H3,(H,29,30)(H2,23,24,28)/b15-11-/t13-,16-,18+,19?,20-,21?/m1/s1. The molecule has 1 fully saturated rings. The minimum absolute atomic E-state index is 0.0270. The molecule has 7 atom stereocenters. The summed E-state index contributed by atoms with van der Waals surface area (Å²) in [5, 5.41) is 20.5. The van der Waals surface area contributed by atoms with Gasteiger partial charge in [-0.05, 0) is 24.3 Å². The average Bonchev–Trinajstić information content (AvgIpc) is 3.12. The number of aromatic nitrogens is 2. The Kier molecular flexibility index (Phi) is 7.79. The van der Waals surface area contributed by atoms with Crippen molar-refractivity contribution in [2.75, 3.05) is 12.3 Å². The largest absolute Gasteiger partial charge is 0.527 e. The molecule has 13 nitrogen and oxygen atoms in total. The number of aliphatic hydroxyl groups excluding tert-OH is 2. The molecular weight excluding hydrogens is 497 g/mol. The molecule has 0 amide bonds. The zero-order chi connectivity index (χ0) is 25.9. The molecule has 0 saturated carbocycles. The third-order valence-corrected chi connectivity index (χ3v) is 6.26. The van der Waals surface area contributed by atoms with E-state index in [0.717, 1.165) is 10.8 Å². The SMILES string of the molecule is C[C@@H]1C=C/C(=C/OP(=O)(O)OC[C@H]2O[C@@H](n3ccc(N)nc3=O)C(O)[C@H]2O)OC1Oc1ccccc1. The Hall–Kier alpha value is -3.19. The van der Waals surface area contributed by atoms with Crippen molar-refractivity contribution >= 4 is 13.6 Å². The van der Waals surface area contributed by atoms with Crippen LogP contribution in [0.2, 0.25) is 0 Å². The average molecular weight is 523 g/mol. The van der Waals surface area contributed by atoms with E-state index in [2.05, 4.69) is 4.98 Å². The van der Waals surface area contributed by atoms with Crippen molar-refractivity contribution in [1.82, 2.24) is 9.55 Å². The predicted molar refractivity (Wildman–Crippen MR) is 124 cm³/mol. The Balaban J connectivity index is 1.34. The van der Waals surface area contributed by atoms with E-state index < -0.39 is 50.9 Å². The van der Waals surface area contributed by atoms with Crippen LogP contribution in [0.4, 0.5) is 5.82 Å². The van der Waals surface area contributed by atoms with Crippen molar-refractivity contribution in [3.8, 4) is 5.75 Å². The smallest absolute Gasteiger partial charge is 0.454 e. The van der Waals surface area contributed by atoms with Crippen LogP contribution in [-0.2, 0) is 23.1 Å². The molecule has 194 valence electrons. The molecule has 0 radical (unpaired) electrons. The van der Waals surface area contributed by atoms with E-state index in [9.17, 15) is 24.5 Å². The number of nitrogen functional groups attached to an aromatic ring is 1. The van der Waals surface area contributed by atoms with Crippen molar-refractivity contribution in [2.24, 2.45) is 5.92 Å². The molecule has 2 aliphatic rings. The number of benzene rings is 1. The van der Waals surface area contributed by atoms with Gasteiger partial charge in [0.05, 0.1) is 6.61 Å². The summed E-state index contributed by atoms with van der Waals surface area (Å²) in [7, 11) is -4.67. The quantitative estimate of drug-likeness (QED) is 0.285. The van der Waals surface area contributed by atoms with Crippen LogP contribution in [0, 0.1) is 5.92 Å². The maximum absolute atomic E-state index is 12.4. The molecule has 1 aromatic carbocycles. The first kappa shape index (κ1) is 25.9. The third kappa shape index (κ3) is 6.13. The number of para-hydroxylation sites is 1. The summed E-state index contributed by atoms with van der Waals surface area (Å²) in [6.07, 6.45) is -0.820. The molecule has 0 aliphatic carbocycles. The van der Waals surface area contributed by atoms with Crippen LogP contribution in [0.5, 0.6) is 5.75 Å². The summed E-state index contributed by atoms with van der Waals surface area (Å²) in [6.45, 7) is 1.25. The van der Waals surface area contributed by atoms with Crippen LogP contribution in [0.1, 0.15) is 13.2 Å². The van der Waals surface area contributed by atoms with Crippen LogP contribution < -0.4 is 16.2 Å². The second-order valence-electron chi connectivity index (χ2n) is 8.11. The topological polar surface area (TPSA) is 185 Å². The highest BCUT2D eigenvalue weighted by atomic mass is 31.2. The van der Waals surface area contributed by atoms with Gasteiger partial charge in [0, 0.05) is 12.1 Å². The number of rotatable bonds is 8. The zero-order valence-electron chi connectivity index (χ0n) is 19.1. The van der Waals surface area contributed by atoms with Crippen LogP contribution in [-0.4, -0.2) is 55.9 Å². The van der Waals surface area contributed by atoms with Crippen molar-refractivity contribution in [3.63, 3.8) is 0 Å². The number of anilines is 1. The molecule has 5 N–H and O–H groups in total. The fourth-order valence-corrected chi connectivity index (χ4v) is 4.12. The van der Waals surface area contributed by atoms with Gasteiger partial charge >= 0.3 is 13.5 Å². The summed E-state index contributed by atoms with van der Waals surface area (Å²) >= 11 is 0. The molecule has 1 saturated heterocycles. The first-order chi connectivity index (χ1) is 17.1. The number of phosphoric acid groups is 1. The molecular formula is C22H26N3O10P. The summed E-state index contributed by atoms with van der Waals surface area (Å²) in [5.41, 5.74) is 4.64. The fraction of sp³-hybridized carbons (Fsp3) is 0.364.